The molecule has 1 rings (SSSR count). The van der Waals surface area contributed by atoms with E-state index in [1.54, 1.807) is 0 Å². The highest BCUT2D eigenvalue weighted by Gasteiger charge is 2.23. The van der Waals surface area contributed by atoms with Crippen LogP contribution in [0.25, 0.3) is 0 Å². The Kier molecular flexibility index (Phi) is 2.72. The normalized spacial score (nSPS) is 38.2. The lowest BCUT2D eigenvalue weighted by Gasteiger charge is -2.04. The van der Waals surface area contributed by atoms with Crippen molar-refractivity contribution in [3.8, 4) is 0 Å². The summed E-state index contributed by atoms with van der Waals surface area (Å²) in [6, 6.07) is 0.198. The molecule has 0 aromatic rings. The van der Waals surface area contributed by atoms with Gasteiger partial charge in [0.05, 0.1) is 6.04 Å². The first kappa shape index (κ1) is 6.96. The summed E-state index contributed by atoms with van der Waals surface area (Å²) in [6.07, 6.45) is 0. The van der Waals surface area contributed by atoms with Crippen LogP contribution in [0, 0.1) is 0 Å². The minimum Gasteiger partial charge on any atom is -0.241 e. The van der Waals surface area contributed by atoms with Crippen LogP contribution in [-0.2, 0) is 0 Å². The van der Waals surface area contributed by atoms with Crippen LogP contribution in [0.3, 0.4) is 0 Å². The maximum atomic E-state index is 5.73. The highest BCUT2D eigenvalue weighted by atomic mass is 35.5. The quantitative estimate of drug-likeness (QED) is 0.455. The fourth-order valence-electron chi connectivity index (χ4n) is 0.422. The molecule has 0 aromatic heterocycles. The maximum absolute atomic E-state index is 5.73. The van der Waals surface area contributed by atoms with Gasteiger partial charge in [-0.25, -0.2) is 5.43 Å². The first-order valence-corrected chi connectivity index (χ1v) is 4.06. The molecule has 1 aliphatic heterocycles. The zero-order chi connectivity index (χ0) is 5.98. The number of hydrazine groups is 1. The topological polar surface area (TPSA) is 24.1 Å². The van der Waals surface area contributed by atoms with Gasteiger partial charge in [-0.1, -0.05) is 0 Å². The van der Waals surface area contributed by atoms with Crippen LogP contribution in [0.5, 0.6) is 0 Å². The van der Waals surface area contributed by atoms with Crippen molar-refractivity contribution in [2.24, 2.45) is 0 Å². The predicted molar refractivity (Wildman–Crippen MR) is 38.0 cm³/mol. The third kappa shape index (κ3) is 1.42. The van der Waals surface area contributed by atoms with Crippen LogP contribution < -0.4 is 10.3 Å². The molecule has 2 atom stereocenters. The summed E-state index contributed by atoms with van der Waals surface area (Å²) in [5.74, 6) is 0.550. The van der Waals surface area contributed by atoms with Gasteiger partial charge in [-0.05, 0) is 11.9 Å². The van der Waals surface area contributed by atoms with Crippen molar-refractivity contribution in [1.82, 2.24) is 10.3 Å². The van der Waals surface area contributed by atoms with Crippen molar-refractivity contribution in [1.29, 1.82) is 0 Å². The van der Waals surface area contributed by atoms with E-state index >= 15 is 0 Å². The zero-order valence-corrected chi connectivity index (χ0v) is 6.35. The smallest absolute Gasteiger partial charge is 0.112 e. The Morgan fingerprint density at radius 1 is 1.62 bits per heavy atom. The van der Waals surface area contributed by atoms with Crippen LogP contribution in [0.15, 0.2) is 0 Å². The summed E-state index contributed by atoms with van der Waals surface area (Å²) in [7, 11) is 0. The van der Waals surface area contributed by atoms with Gasteiger partial charge in [0.25, 0.3) is 0 Å². The summed E-state index contributed by atoms with van der Waals surface area (Å²) in [5.41, 5.74) is 2.91. The molecule has 48 valence electrons. The largest absolute Gasteiger partial charge is 0.241 e. The number of hydrogen-bond acceptors (Lipinski definition) is 3. The van der Waals surface area contributed by atoms with E-state index in [0.29, 0.717) is 5.88 Å². The average Bonchev–Trinajstić information content (AvgIpc) is 2.14. The zero-order valence-electron chi connectivity index (χ0n) is 4.03. The summed E-state index contributed by atoms with van der Waals surface area (Å²) < 4.78 is 0.0625. The number of hydrogen-bond donors (Lipinski definition) is 2. The standard InChI is InChI=1S/C3H6Cl2N2S/c4-1-2-3(5)8-7-6-2/h2-3,6-7H,1H2. The first-order chi connectivity index (χ1) is 3.84. The molecule has 0 spiro atoms. The Labute approximate surface area is 62.4 Å². The summed E-state index contributed by atoms with van der Waals surface area (Å²) in [6.45, 7) is 0. The molecule has 2 unspecified atom stereocenters. The molecule has 1 saturated heterocycles. The molecule has 0 aliphatic carbocycles. The van der Waals surface area contributed by atoms with Crippen molar-refractivity contribution < 1.29 is 0 Å². The molecule has 5 heteroatoms. The van der Waals surface area contributed by atoms with E-state index in [1.807, 2.05) is 0 Å². The van der Waals surface area contributed by atoms with Crippen molar-refractivity contribution in [2.45, 2.75) is 10.8 Å². The third-order valence-electron chi connectivity index (χ3n) is 0.898. The fourth-order valence-corrected chi connectivity index (χ4v) is 1.82. The van der Waals surface area contributed by atoms with Gasteiger partial charge in [-0.15, -0.1) is 23.2 Å². The molecule has 0 amide bonds. The summed E-state index contributed by atoms with van der Waals surface area (Å²) >= 11 is 12.7. The van der Waals surface area contributed by atoms with Gasteiger partial charge in [-0.2, -0.15) is 4.83 Å². The molecule has 0 aromatic carbocycles. The van der Waals surface area contributed by atoms with Crippen LogP contribution >= 0.6 is 35.1 Å². The van der Waals surface area contributed by atoms with Gasteiger partial charge in [0.15, 0.2) is 0 Å². The maximum Gasteiger partial charge on any atom is 0.112 e. The first-order valence-electron chi connectivity index (χ1n) is 2.21. The molecule has 8 heavy (non-hydrogen) atoms. The molecule has 1 aliphatic rings. The second-order valence-electron chi connectivity index (χ2n) is 1.48. The van der Waals surface area contributed by atoms with Gasteiger partial charge in [-0.3, -0.25) is 0 Å². The van der Waals surface area contributed by atoms with Crippen molar-refractivity contribution >= 4 is 35.1 Å². The molecule has 1 heterocycles. The van der Waals surface area contributed by atoms with E-state index in [-0.39, 0.29) is 10.8 Å². The van der Waals surface area contributed by atoms with Gasteiger partial charge in [0.2, 0.25) is 0 Å². The van der Waals surface area contributed by atoms with Crippen molar-refractivity contribution in [3.05, 3.63) is 0 Å². The summed E-state index contributed by atoms with van der Waals surface area (Å²) in [5, 5.41) is 0. The minimum atomic E-state index is 0.0625. The second-order valence-corrected chi connectivity index (χ2v) is 3.46. The average molecular weight is 173 g/mol. The SMILES string of the molecule is ClCC1NNSC1Cl. The number of halogens is 2. The highest BCUT2D eigenvalue weighted by Crippen LogP contribution is 2.20. The van der Waals surface area contributed by atoms with Crippen molar-refractivity contribution in [2.75, 3.05) is 5.88 Å². The molecule has 0 radical (unpaired) electrons. The van der Waals surface area contributed by atoms with Gasteiger partial charge in [0, 0.05) is 5.88 Å². The third-order valence-corrected chi connectivity index (χ3v) is 2.59. The highest BCUT2D eigenvalue weighted by molar-refractivity contribution is 7.99. The number of rotatable bonds is 1. The molecule has 0 saturated carbocycles. The fraction of sp³-hybridized carbons (Fsp3) is 1.00. The number of alkyl halides is 2. The van der Waals surface area contributed by atoms with E-state index in [9.17, 15) is 0 Å². The molecular weight excluding hydrogens is 167 g/mol. The lowest BCUT2D eigenvalue weighted by atomic mass is 10.4. The molecule has 1 fully saturated rings. The van der Waals surface area contributed by atoms with E-state index in [4.69, 9.17) is 23.2 Å². The Hall–Kier alpha value is 0.850. The predicted octanol–water partition coefficient (Wildman–Crippen LogP) is 0.915. The van der Waals surface area contributed by atoms with E-state index in [1.165, 1.54) is 11.9 Å². The van der Waals surface area contributed by atoms with E-state index in [0.717, 1.165) is 0 Å². The minimum absolute atomic E-state index is 0.0625. The van der Waals surface area contributed by atoms with Crippen LogP contribution in [0.2, 0.25) is 0 Å². The lowest BCUT2D eigenvalue weighted by molar-refractivity contribution is 0.611. The van der Waals surface area contributed by atoms with Crippen molar-refractivity contribution in [3.63, 3.8) is 0 Å². The van der Waals surface area contributed by atoms with Gasteiger partial charge < -0.3 is 0 Å². The Morgan fingerprint density at radius 3 is 2.62 bits per heavy atom. The molecule has 2 nitrogen and oxygen atoms in total. The van der Waals surface area contributed by atoms with E-state index < -0.39 is 0 Å². The lowest BCUT2D eigenvalue weighted by Crippen LogP contribution is -2.33. The Bertz CT molecular complexity index is 81.7. The monoisotopic (exact) mass is 172 g/mol. The van der Waals surface area contributed by atoms with Crippen LogP contribution in [-0.4, -0.2) is 16.6 Å². The number of nitrogens with one attached hydrogen (secondary N) is 2. The Balaban J connectivity index is 2.30. The van der Waals surface area contributed by atoms with Gasteiger partial charge >= 0.3 is 0 Å². The Morgan fingerprint density at radius 2 is 2.38 bits per heavy atom. The summed E-state index contributed by atoms with van der Waals surface area (Å²) in [4.78, 5) is 2.82. The molecule has 0 bridgehead atoms. The molecule has 2 N–H and O–H groups in total. The second kappa shape index (κ2) is 3.13. The van der Waals surface area contributed by atoms with Crippen LogP contribution in [0.4, 0.5) is 0 Å². The van der Waals surface area contributed by atoms with Gasteiger partial charge in [0.1, 0.15) is 4.71 Å². The van der Waals surface area contributed by atoms with Crippen LogP contribution in [0.1, 0.15) is 0 Å². The van der Waals surface area contributed by atoms with E-state index in [2.05, 4.69) is 10.3 Å². The molecular formula is C3H6Cl2N2S.